The number of hydrogen-bond acceptors (Lipinski definition) is 4. The molecule has 1 heterocycles. The van der Waals surface area contributed by atoms with Gasteiger partial charge in [0.15, 0.2) is 0 Å². The summed E-state index contributed by atoms with van der Waals surface area (Å²) in [4.78, 5) is 0. The molecule has 0 aromatic carbocycles. The Bertz CT molecular complexity index is 65.1. The lowest BCUT2D eigenvalue weighted by Gasteiger charge is -2.18. The Hall–Kier alpha value is 0.620. The highest BCUT2D eigenvalue weighted by Crippen LogP contribution is 2.21. The second kappa shape index (κ2) is 3.61. The summed E-state index contributed by atoms with van der Waals surface area (Å²) in [5.41, 5.74) is 0. The van der Waals surface area contributed by atoms with Crippen LogP contribution in [0.2, 0.25) is 0 Å². The number of nitrogens with one attached hydrogen (secondary N) is 1. The van der Waals surface area contributed by atoms with Gasteiger partial charge in [0.1, 0.15) is 0 Å². The van der Waals surface area contributed by atoms with Crippen LogP contribution in [0.5, 0.6) is 0 Å². The molecule has 0 bridgehead atoms. The molecule has 0 aromatic rings. The van der Waals surface area contributed by atoms with Crippen LogP contribution in [0, 0.1) is 0 Å². The predicted octanol–water partition coefficient (Wildman–Crippen LogP) is 0.855. The third-order valence-corrected chi connectivity index (χ3v) is 3.06. The maximum Gasteiger partial charge on any atom is 0.0886 e. The van der Waals surface area contributed by atoms with E-state index in [9.17, 15) is 0 Å². The summed E-state index contributed by atoms with van der Waals surface area (Å²) >= 11 is 2.76. The van der Waals surface area contributed by atoms with E-state index in [0.717, 1.165) is 30.9 Å². The molecule has 1 atom stereocenters. The first kappa shape index (κ1) is 6.74. The van der Waals surface area contributed by atoms with Crippen LogP contribution in [0.4, 0.5) is 0 Å². The quantitative estimate of drug-likeness (QED) is 0.544. The first-order valence-electron chi connectivity index (χ1n) is 2.56. The van der Waals surface area contributed by atoms with E-state index in [1.54, 1.807) is 0 Å². The third kappa shape index (κ3) is 1.85. The molecule has 0 spiro atoms. The van der Waals surface area contributed by atoms with Crippen molar-refractivity contribution >= 4 is 23.8 Å². The Kier molecular flexibility index (Phi) is 3.04. The van der Waals surface area contributed by atoms with Gasteiger partial charge >= 0.3 is 0 Å². The zero-order valence-electron chi connectivity index (χ0n) is 4.46. The summed E-state index contributed by atoms with van der Waals surface area (Å²) in [5, 5.41) is 3.18. The molecule has 0 aliphatic carbocycles. The SMILES string of the molecule is OSC1CNCCS1. The van der Waals surface area contributed by atoms with Gasteiger partial charge in [-0.2, -0.15) is 0 Å². The van der Waals surface area contributed by atoms with E-state index in [2.05, 4.69) is 5.32 Å². The molecule has 1 fully saturated rings. The lowest BCUT2D eigenvalue weighted by Crippen LogP contribution is -2.30. The summed E-state index contributed by atoms with van der Waals surface area (Å²) in [6.07, 6.45) is 0. The van der Waals surface area contributed by atoms with Crippen molar-refractivity contribution in [3.63, 3.8) is 0 Å². The normalized spacial score (nSPS) is 30.4. The maximum absolute atomic E-state index is 8.55. The van der Waals surface area contributed by atoms with E-state index in [1.165, 1.54) is 0 Å². The summed E-state index contributed by atoms with van der Waals surface area (Å²) in [6, 6.07) is 0. The lowest BCUT2D eigenvalue weighted by molar-refractivity contribution is 0.649. The van der Waals surface area contributed by atoms with Gasteiger partial charge in [-0.05, 0) is 0 Å². The minimum atomic E-state index is 0.365. The monoisotopic (exact) mass is 151 g/mol. The highest BCUT2D eigenvalue weighted by atomic mass is 32.2. The molecule has 1 aliphatic heterocycles. The standard InChI is InChI=1S/C4H9NOS2/c6-8-4-3-5-1-2-7-4/h4-6H,1-3H2. The lowest BCUT2D eigenvalue weighted by atomic mass is 10.6. The number of thioether (sulfide) groups is 1. The topological polar surface area (TPSA) is 32.3 Å². The molecule has 0 saturated carbocycles. The second-order valence-electron chi connectivity index (χ2n) is 1.61. The first-order valence-corrected chi connectivity index (χ1v) is 4.44. The summed E-state index contributed by atoms with van der Waals surface area (Å²) in [7, 11) is 0. The van der Waals surface area contributed by atoms with Gasteiger partial charge < -0.3 is 9.87 Å². The van der Waals surface area contributed by atoms with Crippen molar-refractivity contribution in [2.75, 3.05) is 18.8 Å². The van der Waals surface area contributed by atoms with Crippen LogP contribution in [0.3, 0.4) is 0 Å². The molecule has 0 aromatic heterocycles. The Morgan fingerprint density at radius 2 is 2.62 bits per heavy atom. The van der Waals surface area contributed by atoms with Crippen molar-refractivity contribution in [1.82, 2.24) is 5.32 Å². The molecule has 2 N–H and O–H groups in total. The van der Waals surface area contributed by atoms with Crippen LogP contribution in [0.25, 0.3) is 0 Å². The van der Waals surface area contributed by atoms with E-state index in [4.69, 9.17) is 4.55 Å². The molecule has 48 valence electrons. The average molecular weight is 151 g/mol. The number of hydrogen-bond donors (Lipinski definition) is 2. The van der Waals surface area contributed by atoms with E-state index < -0.39 is 0 Å². The molecule has 1 saturated heterocycles. The number of rotatable bonds is 1. The highest BCUT2D eigenvalue weighted by Gasteiger charge is 2.11. The van der Waals surface area contributed by atoms with Crippen molar-refractivity contribution < 1.29 is 4.55 Å². The minimum absolute atomic E-state index is 0.365. The fourth-order valence-electron chi connectivity index (χ4n) is 0.609. The van der Waals surface area contributed by atoms with Gasteiger partial charge in [0.2, 0.25) is 0 Å². The summed E-state index contributed by atoms with van der Waals surface area (Å²) in [5.74, 6) is 1.12. The zero-order chi connectivity index (χ0) is 5.82. The largest absolute Gasteiger partial charge is 0.329 e. The molecule has 4 heteroatoms. The Morgan fingerprint density at radius 3 is 3.00 bits per heavy atom. The average Bonchev–Trinajstić information content (AvgIpc) is 1.90. The van der Waals surface area contributed by atoms with Gasteiger partial charge in [0.05, 0.1) is 4.58 Å². The van der Waals surface area contributed by atoms with Crippen molar-refractivity contribution in [3.05, 3.63) is 0 Å². The molecule has 0 amide bonds. The van der Waals surface area contributed by atoms with Gasteiger partial charge in [0.25, 0.3) is 0 Å². The molecule has 0 radical (unpaired) electrons. The summed E-state index contributed by atoms with van der Waals surface area (Å²) in [6.45, 7) is 2.02. The van der Waals surface area contributed by atoms with Crippen LogP contribution in [-0.2, 0) is 0 Å². The van der Waals surface area contributed by atoms with E-state index in [1.807, 2.05) is 11.8 Å². The fraction of sp³-hybridized carbons (Fsp3) is 1.00. The minimum Gasteiger partial charge on any atom is -0.329 e. The van der Waals surface area contributed by atoms with E-state index in [0.29, 0.717) is 4.58 Å². The highest BCUT2D eigenvalue weighted by molar-refractivity contribution is 8.14. The molecule has 2 nitrogen and oxygen atoms in total. The Labute approximate surface area is 57.6 Å². The predicted molar refractivity (Wildman–Crippen MR) is 39.3 cm³/mol. The smallest absolute Gasteiger partial charge is 0.0886 e. The van der Waals surface area contributed by atoms with Gasteiger partial charge in [0, 0.05) is 30.9 Å². The second-order valence-corrected chi connectivity index (χ2v) is 4.00. The molecule has 8 heavy (non-hydrogen) atoms. The van der Waals surface area contributed by atoms with E-state index in [-0.39, 0.29) is 0 Å². The van der Waals surface area contributed by atoms with Gasteiger partial charge in [-0.1, -0.05) is 0 Å². The van der Waals surface area contributed by atoms with Gasteiger partial charge in [-0.25, -0.2) is 0 Å². The summed E-state index contributed by atoms with van der Waals surface area (Å²) < 4.78 is 8.91. The van der Waals surface area contributed by atoms with Crippen molar-refractivity contribution in [3.8, 4) is 0 Å². The maximum atomic E-state index is 8.55. The third-order valence-electron chi connectivity index (χ3n) is 1.01. The molecule has 1 aliphatic rings. The van der Waals surface area contributed by atoms with Gasteiger partial charge in [-0.15, -0.1) is 11.8 Å². The first-order chi connectivity index (χ1) is 3.93. The Balaban J connectivity index is 2.13. The van der Waals surface area contributed by atoms with Crippen LogP contribution < -0.4 is 5.32 Å². The molecular formula is C4H9NOS2. The molecular weight excluding hydrogens is 142 g/mol. The zero-order valence-corrected chi connectivity index (χ0v) is 6.10. The molecule has 1 unspecified atom stereocenters. The van der Waals surface area contributed by atoms with Gasteiger partial charge in [-0.3, -0.25) is 0 Å². The van der Waals surface area contributed by atoms with E-state index >= 15 is 0 Å². The van der Waals surface area contributed by atoms with Crippen LogP contribution in [0.1, 0.15) is 0 Å². The van der Waals surface area contributed by atoms with Crippen molar-refractivity contribution in [2.45, 2.75) is 4.58 Å². The van der Waals surface area contributed by atoms with Crippen LogP contribution >= 0.6 is 23.8 Å². The molecule has 1 rings (SSSR count). The van der Waals surface area contributed by atoms with Crippen LogP contribution in [0.15, 0.2) is 0 Å². The van der Waals surface area contributed by atoms with Crippen LogP contribution in [-0.4, -0.2) is 28.0 Å². The van der Waals surface area contributed by atoms with Crippen molar-refractivity contribution in [1.29, 1.82) is 0 Å². The Morgan fingerprint density at radius 1 is 1.75 bits per heavy atom. The van der Waals surface area contributed by atoms with Crippen molar-refractivity contribution in [2.24, 2.45) is 0 Å². The fourth-order valence-corrected chi connectivity index (χ4v) is 2.09.